The van der Waals surface area contributed by atoms with E-state index in [0.29, 0.717) is 28.1 Å². The van der Waals surface area contributed by atoms with Crippen molar-refractivity contribution in [1.29, 1.82) is 0 Å². The van der Waals surface area contributed by atoms with E-state index in [-0.39, 0.29) is 0 Å². The monoisotopic (exact) mass is 330 g/mol. The Morgan fingerprint density at radius 2 is 2.19 bits per heavy atom. The first-order valence-electron chi connectivity index (χ1n) is 7.35. The van der Waals surface area contributed by atoms with Crippen molar-refractivity contribution < 1.29 is 8.42 Å². The van der Waals surface area contributed by atoms with Gasteiger partial charge in [0.1, 0.15) is 0 Å². The van der Waals surface area contributed by atoms with Gasteiger partial charge < -0.3 is 10.2 Å². The fraction of sp³-hybridized carbons (Fsp3) is 0.600. The molecule has 1 aliphatic heterocycles. The largest absolute Gasteiger partial charge is 0.309 e. The standard InChI is InChI=1S/C15H23ClN2O2S/c1-3-18-9-5-6-12(11-18)17-10-13-14(16)7-4-8-15(13)21(2,19)20/h4,7-8,12,17H,3,5-6,9-11H2,1-2H3. The van der Waals surface area contributed by atoms with E-state index in [1.165, 1.54) is 12.7 Å². The van der Waals surface area contributed by atoms with Crippen LogP contribution < -0.4 is 5.32 Å². The number of hydrogen-bond donors (Lipinski definition) is 1. The van der Waals surface area contributed by atoms with Crippen LogP contribution >= 0.6 is 11.6 Å². The highest BCUT2D eigenvalue weighted by Gasteiger charge is 2.20. The Labute approximate surface area is 132 Å². The molecule has 1 unspecified atom stereocenters. The maximum Gasteiger partial charge on any atom is 0.175 e. The van der Waals surface area contributed by atoms with Crippen molar-refractivity contribution >= 4 is 21.4 Å². The lowest BCUT2D eigenvalue weighted by Crippen LogP contribution is -2.45. The molecule has 1 atom stereocenters. The van der Waals surface area contributed by atoms with Crippen LogP contribution in [0.25, 0.3) is 0 Å². The number of halogens is 1. The second kappa shape index (κ2) is 7.09. The van der Waals surface area contributed by atoms with E-state index >= 15 is 0 Å². The highest BCUT2D eigenvalue weighted by Crippen LogP contribution is 2.24. The fourth-order valence-electron chi connectivity index (χ4n) is 2.81. The molecule has 0 radical (unpaired) electrons. The fourth-order valence-corrected chi connectivity index (χ4v) is 4.07. The molecule has 0 spiro atoms. The van der Waals surface area contributed by atoms with Gasteiger partial charge in [-0.3, -0.25) is 0 Å². The molecule has 118 valence electrons. The van der Waals surface area contributed by atoms with Gasteiger partial charge in [0.25, 0.3) is 0 Å². The Morgan fingerprint density at radius 1 is 1.43 bits per heavy atom. The summed E-state index contributed by atoms with van der Waals surface area (Å²) in [6.45, 7) is 5.87. The van der Waals surface area contributed by atoms with Gasteiger partial charge in [0, 0.05) is 36.0 Å². The van der Waals surface area contributed by atoms with Crippen molar-refractivity contribution in [2.45, 2.75) is 37.2 Å². The molecule has 1 aromatic rings. The Bertz CT molecular complexity index is 589. The highest BCUT2D eigenvalue weighted by atomic mass is 35.5. The minimum absolute atomic E-state index is 0.325. The second-order valence-corrected chi connectivity index (χ2v) is 7.99. The van der Waals surface area contributed by atoms with Crippen molar-refractivity contribution in [3.8, 4) is 0 Å². The molecule has 0 aliphatic carbocycles. The Balaban J connectivity index is 2.10. The van der Waals surface area contributed by atoms with Gasteiger partial charge >= 0.3 is 0 Å². The number of rotatable bonds is 5. The lowest BCUT2D eigenvalue weighted by Gasteiger charge is -2.32. The second-order valence-electron chi connectivity index (χ2n) is 5.60. The van der Waals surface area contributed by atoms with Crippen molar-refractivity contribution in [3.05, 3.63) is 28.8 Å². The Kier molecular flexibility index (Phi) is 5.66. The summed E-state index contributed by atoms with van der Waals surface area (Å²) in [5.41, 5.74) is 0.676. The van der Waals surface area contributed by atoms with Gasteiger partial charge in [-0.1, -0.05) is 24.6 Å². The van der Waals surface area contributed by atoms with Gasteiger partial charge in [-0.2, -0.15) is 0 Å². The Morgan fingerprint density at radius 3 is 2.86 bits per heavy atom. The summed E-state index contributed by atoms with van der Waals surface area (Å²) in [5.74, 6) is 0. The van der Waals surface area contributed by atoms with Crippen molar-refractivity contribution in [2.24, 2.45) is 0 Å². The van der Waals surface area contributed by atoms with Crippen LogP contribution in [0.4, 0.5) is 0 Å². The predicted molar refractivity (Wildman–Crippen MR) is 86.5 cm³/mol. The number of hydrogen-bond acceptors (Lipinski definition) is 4. The molecule has 0 amide bonds. The van der Waals surface area contributed by atoms with Gasteiger partial charge in [0.2, 0.25) is 0 Å². The van der Waals surface area contributed by atoms with Gasteiger partial charge in [0.15, 0.2) is 9.84 Å². The van der Waals surface area contributed by atoms with E-state index in [1.807, 2.05) is 0 Å². The summed E-state index contributed by atoms with van der Waals surface area (Å²) >= 11 is 6.19. The SMILES string of the molecule is CCN1CCCC(NCc2c(Cl)cccc2S(C)(=O)=O)C1. The lowest BCUT2D eigenvalue weighted by molar-refractivity contribution is 0.198. The molecule has 1 aromatic carbocycles. The summed E-state index contributed by atoms with van der Waals surface area (Å²) in [4.78, 5) is 2.73. The van der Waals surface area contributed by atoms with E-state index < -0.39 is 9.84 Å². The number of benzene rings is 1. The normalized spacial score (nSPS) is 20.6. The molecule has 1 fully saturated rings. The van der Waals surface area contributed by atoms with Crippen LogP contribution in [0.15, 0.2) is 23.1 Å². The maximum absolute atomic E-state index is 11.9. The third kappa shape index (κ3) is 4.42. The molecule has 0 bridgehead atoms. The summed E-state index contributed by atoms with van der Waals surface area (Å²) in [7, 11) is -3.26. The lowest BCUT2D eigenvalue weighted by atomic mass is 10.1. The van der Waals surface area contributed by atoms with Crippen LogP contribution in [0.3, 0.4) is 0 Å². The topological polar surface area (TPSA) is 49.4 Å². The summed E-state index contributed by atoms with van der Waals surface area (Å²) in [5, 5.41) is 3.97. The molecule has 4 nitrogen and oxygen atoms in total. The van der Waals surface area contributed by atoms with E-state index in [1.54, 1.807) is 18.2 Å². The molecular formula is C15H23ClN2O2S. The van der Waals surface area contributed by atoms with Crippen LogP contribution in [0.1, 0.15) is 25.3 Å². The van der Waals surface area contributed by atoms with Crippen molar-refractivity contribution in [1.82, 2.24) is 10.2 Å². The average Bonchev–Trinajstić information content (AvgIpc) is 2.45. The molecule has 1 aliphatic rings. The highest BCUT2D eigenvalue weighted by molar-refractivity contribution is 7.90. The van der Waals surface area contributed by atoms with Gasteiger partial charge in [-0.05, 0) is 38.1 Å². The molecule has 21 heavy (non-hydrogen) atoms. The summed E-state index contributed by atoms with van der Waals surface area (Å²) in [6.07, 6.45) is 3.52. The number of nitrogens with one attached hydrogen (secondary N) is 1. The summed E-state index contributed by atoms with van der Waals surface area (Å²) in [6, 6.07) is 5.44. The number of piperidine rings is 1. The zero-order valence-corrected chi connectivity index (χ0v) is 14.2. The van der Waals surface area contributed by atoms with Crippen molar-refractivity contribution in [3.63, 3.8) is 0 Å². The molecule has 1 N–H and O–H groups in total. The van der Waals surface area contributed by atoms with Gasteiger partial charge in [0.05, 0.1) is 4.90 Å². The first-order chi connectivity index (χ1) is 9.91. The van der Waals surface area contributed by atoms with Crippen LogP contribution in [0.2, 0.25) is 5.02 Å². The molecule has 0 saturated carbocycles. The van der Waals surface area contributed by atoms with E-state index in [9.17, 15) is 8.42 Å². The van der Waals surface area contributed by atoms with Crippen molar-refractivity contribution in [2.75, 3.05) is 25.9 Å². The molecule has 1 saturated heterocycles. The summed E-state index contributed by atoms with van der Waals surface area (Å²) < 4.78 is 23.7. The maximum atomic E-state index is 11.9. The first-order valence-corrected chi connectivity index (χ1v) is 9.62. The first kappa shape index (κ1) is 16.7. The smallest absolute Gasteiger partial charge is 0.175 e. The van der Waals surface area contributed by atoms with E-state index in [0.717, 1.165) is 26.1 Å². The quantitative estimate of drug-likeness (QED) is 0.900. The van der Waals surface area contributed by atoms with Crippen LogP contribution in [-0.2, 0) is 16.4 Å². The minimum atomic E-state index is -3.26. The van der Waals surface area contributed by atoms with Crippen LogP contribution in [0.5, 0.6) is 0 Å². The van der Waals surface area contributed by atoms with E-state index in [2.05, 4.69) is 17.1 Å². The molecule has 2 rings (SSSR count). The molecular weight excluding hydrogens is 308 g/mol. The predicted octanol–water partition coefficient (Wildman–Crippen LogP) is 2.32. The molecule has 1 heterocycles. The third-order valence-corrected chi connectivity index (χ3v) is 5.53. The minimum Gasteiger partial charge on any atom is -0.309 e. The van der Waals surface area contributed by atoms with Gasteiger partial charge in [-0.25, -0.2) is 8.42 Å². The van der Waals surface area contributed by atoms with Crippen LogP contribution in [-0.4, -0.2) is 45.2 Å². The Hall–Kier alpha value is -0.620. The molecule has 0 aromatic heterocycles. The van der Waals surface area contributed by atoms with Crippen LogP contribution in [0, 0.1) is 0 Å². The molecule has 6 heteroatoms. The third-order valence-electron chi connectivity index (χ3n) is 4.00. The zero-order chi connectivity index (χ0) is 15.5. The van der Waals surface area contributed by atoms with E-state index in [4.69, 9.17) is 11.6 Å². The van der Waals surface area contributed by atoms with Gasteiger partial charge in [-0.15, -0.1) is 0 Å². The number of likely N-dealkylation sites (tertiary alicyclic amines) is 1. The number of nitrogens with zero attached hydrogens (tertiary/aromatic N) is 1. The average molecular weight is 331 g/mol. The number of sulfone groups is 1. The number of likely N-dealkylation sites (N-methyl/N-ethyl adjacent to an activating group) is 1. The zero-order valence-electron chi connectivity index (χ0n) is 12.6.